The third kappa shape index (κ3) is 3.98. The van der Waals surface area contributed by atoms with Crippen molar-refractivity contribution in [1.82, 2.24) is 15.0 Å². The van der Waals surface area contributed by atoms with Crippen molar-refractivity contribution >= 4 is 17.6 Å². The second kappa shape index (κ2) is 7.72. The van der Waals surface area contributed by atoms with Gasteiger partial charge < -0.3 is 10.4 Å². The number of amides is 1. The van der Waals surface area contributed by atoms with Crippen molar-refractivity contribution < 1.29 is 14.7 Å². The molecular formula is C17H22N4O3. The molecule has 1 unspecified atom stereocenters. The van der Waals surface area contributed by atoms with Crippen LogP contribution in [0.25, 0.3) is 5.69 Å². The summed E-state index contributed by atoms with van der Waals surface area (Å²) in [6.45, 7) is 6.11. The van der Waals surface area contributed by atoms with Crippen molar-refractivity contribution in [3.8, 4) is 5.69 Å². The molecule has 1 amide bonds. The van der Waals surface area contributed by atoms with Gasteiger partial charge >= 0.3 is 5.97 Å². The summed E-state index contributed by atoms with van der Waals surface area (Å²) >= 11 is 0. The van der Waals surface area contributed by atoms with Gasteiger partial charge in [0.2, 0.25) is 5.91 Å². The number of carboxylic acids is 1. The molecule has 0 saturated heterocycles. The number of anilines is 1. The van der Waals surface area contributed by atoms with E-state index in [1.807, 2.05) is 6.92 Å². The zero-order valence-electron chi connectivity index (χ0n) is 14.1. The van der Waals surface area contributed by atoms with Crippen LogP contribution in [0, 0.1) is 11.8 Å². The predicted octanol–water partition coefficient (Wildman–Crippen LogP) is 2.98. The zero-order valence-corrected chi connectivity index (χ0v) is 14.1. The van der Waals surface area contributed by atoms with Gasteiger partial charge in [0.25, 0.3) is 0 Å². The van der Waals surface area contributed by atoms with Crippen LogP contribution in [0.2, 0.25) is 0 Å². The SMILES string of the molecule is CCC(CC)C(C)C(=O)Nc1cccc(-n2cc(C(=O)O)nn2)c1. The van der Waals surface area contributed by atoms with Crippen LogP contribution in [-0.4, -0.2) is 32.0 Å². The highest BCUT2D eigenvalue weighted by Gasteiger charge is 2.21. The molecule has 24 heavy (non-hydrogen) atoms. The first-order valence-corrected chi connectivity index (χ1v) is 8.03. The maximum atomic E-state index is 12.4. The minimum Gasteiger partial charge on any atom is -0.476 e. The fourth-order valence-electron chi connectivity index (χ4n) is 2.68. The van der Waals surface area contributed by atoms with E-state index in [0.717, 1.165) is 12.8 Å². The zero-order chi connectivity index (χ0) is 17.7. The molecule has 1 atom stereocenters. The second-order valence-electron chi connectivity index (χ2n) is 5.76. The molecule has 0 aliphatic rings. The van der Waals surface area contributed by atoms with E-state index in [4.69, 9.17) is 5.11 Å². The van der Waals surface area contributed by atoms with Crippen molar-refractivity contribution in [3.63, 3.8) is 0 Å². The number of carboxylic acid groups (broad SMARTS) is 1. The summed E-state index contributed by atoms with van der Waals surface area (Å²) in [4.78, 5) is 23.3. The molecule has 1 aromatic carbocycles. The summed E-state index contributed by atoms with van der Waals surface area (Å²) in [7, 11) is 0. The van der Waals surface area contributed by atoms with Gasteiger partial charge in [-0.1, -0.05) is 44.9 Å². The lowest BCUT2D eigenvalue weighted by Gasteiger charge is -2.20. The van der Waals surface area contributed by atoms with Crippen molar-refractivity contribution in [1.29, 1.82) is 0 Å². The number of carbonyl (C=O) groups excluding carboxylic acids is 1. The van der Waals surface area contributed by atoms with Crippen LogP contribution in [0.3, 0.4) is 0 Å². The van der Waals surface area contributed by atoms with E-state index >= 15 is 0 Å². The summed E-state index contributed by atoms with van der Waals surface area (Å²) in [5, 5.41) is 19.2. The molecule has 2 aromatic rings. The Balaban J connectivity index is 2.15. The lowest BCUT2D eigenvalue weighted by atomic mass is 9.88. The summed E-state index contributed by atoms with van der Waals surface area (Å²) in [6, 6.07) is 7.06. The predicted molar refractivity (Wildman–Crippen MR) is 90.2 cm³/mol. The fraction of sp³-hybridized carbons (Fsp3) is 0.412. The highest BCUT2D eigenvalue weighted by molar-refractivity contribution is 5.92. The molecule has 1 aromatic heterocycles. The molecule has 0 fully saturated rings. The van der Waals surface area contributed by atoms with Crippen molar-refractivity contribution in [2.75, 3.05) is 5.32 Å². The lowest BCUT2D eigenvalue weighted by Crippen LogP contribution is -2.26. The molecule has 0 radical (unpaired) electrons. The van der Waals surface area contributed by atoms with Crippen LogP contribution < -0.4 is 5.32 Å². The van der Waals surface area contributed by atoms with Crippen LogP contribution in [0.1, 0.15) is 44.1 Å². The third-order valence-electron chi connectivity index (χ3n) is 4.26. The van der Waals surface area contributed by atoms with E-state index in [2.05, 4.69) is 29.5 Å². The normalized spacial score (nSPS) is 12.2. The van der Waals surface area contributed by atoms with Gasteiger partial charge in [0.05, 0.1) is 11.9 Å². The van der Waals surface area contributed by atoms with Gasteiger partial charge in [-0.2, -0.15) is 0 Å². The van der Waals surface area contributed by atoms with Gasteiger partial charge in [-0.05, 0) is 24.1 Å². The number of rotatable bonds is 7. The lowest BCUT2D eigenvalue weighted by molar-refractivity contribution is -0.121. The smallest absolute Gasteiger partial charge is 0.358 e. The standard InChI is InChI=1S/C17H22N4O3/c1-4-12(5-2)11(3)16(22)18-13-7-6-8-14(9-13)21-10-15(17(23)24)19-20-21/h6-12H,4-5H2,1-3H3,(H,18,22)(H,23,24). The molecule has 2 N–H and O–H groups in total. The number of hydrogen-bond donors (Lipinski definition) is 2. The van der Waals surface area contributed by atoms with Crippen molar-refractivity contribution in [2.24, 2.45) is 11.8 Å². The third-order valence-corrected chi connectivity index (χ3v) is 4.26. The quantitative estimate of drug-likeness (QED) is 0.813. The maximum absolute atomic E-state index is 12.4. The number of nitrogens with zero attached hydrogens (tertiary/aromatic N) is 3. The molecule has 1 heterocycles. The first kappa shape index (κ1) is 17.7. The molecule has 2 rings (SSSR count). The molecule has 7 heteroatoms. The summed E-state index contributed by atoms with van der Waals surface area (Å²) < 4.78 is 1.36. The average Bonchev–Trinajstić information content (AvgIpc) is 3.06. The topological polar surface area (TPSA) is 97.1 Å². The summed E-state index contributed by atoms with van der Waals surface area (Å²) in [5.74, 6) is -0.884. The van der Waals surface area contributed by atoms with E-state index in [0.29, 0.717) is 17.3 Å². The van der Waals surface area contributed by atoms with Gasteiger partial charge in [0, 0.05) is 11.6 Å². The minimum absolute atomic E-state index is 0.0225. The van der Waals surface area contributed by atoms with E-state index in [1.165, 1.54) is 10.9 Å². The largest absolute Gasteiger partial charge is 0.476 e. The summed E-state index contributed by atoms with van der Waals surface area (Å²) in [5.41, 5.74) is 1.14. The van der Waals surface area contributed by atoms with Crippen molar-refractivity contribution in [3.05, 3.63) is 36.2 Å². The first-order valence-electron chi connectivity index (χ1n) is 8.03. The van der Waals surface area contributed by atoms with Gasteiger partial charge in [0.15, 0.2) is 5.69 Å². The monoisotopic (exact) mass is 330 g/mol. The average molecular weight is 330 g/mol. The van der Waals surface area contributed by atoms with Crippen molar-refractivity contribution in [2.45, 2.75) is 33.6 Å². The number of nitrogens with one attached hydrogen (secondary N) is 1. The van der Waals surface area contributed by atoms with E-state index in [1.54, 1.807) is 24.3 Å². The Labute approximate surface area is 140 Å². The molecule has 0 bridgehead atoms. The van der Waals surface area contributed by atoms with E-state index in [-0.39, 0.29) is 17.5 Å². The molecule has 128 valence electrons. The van der Waals surface area contributed by atoms with Crippen LogP contribution in [0.4, 0.5) is 5.69 Å². The van der Waals surface area contributed by atoms with E-state index < -0.39 is 5.97 Å². The Morgan fingerprint density at radius 3 is 2.58 bits per heavy atom. The Hall–Kier alpha value is -2.70. The van der Waals surface area contributed by atoms with Gasteiger partial charge in [0.1, 0.15) is 0 Å². The van der Waals surface area contributed by atoms with Crippen LogP contribution in [0.15, 0.2) is 30.5 Å². The second-order valence-corrected chi connectivity index (χ2v) is 5.76. The molecule has 0 aliphatic heterocycles. The maximum Gasteiger partial charge on any atom is 0.358 e. The Bertz CT molecular complexity index is 722. The molecule has 0 spiro atoms. The Kier molecular flexibility index (Phi) is 5.68. The molecule has 7 nitrogen and oxygen atoms in total. The first-order chi connectivity index (χ1) is 11.5. The van der Waals surface area contributed by atoms with Crippen LogP contribution in [0.5, 0.6) is 0 Å². The summed E-state index contributed by atoms with van der Waals surface area (Å²) in [6.07, 6.45) is 3.25. The van der Waals surface area contributed by atoms with Gasteiger partial charge in [-0.15, -0.1) is 5.10 Å². The Morgan fingerprint density at radius 2 is 2.00 bits per heavy atom. The molecule has 0 saturated carbocycles. The Morgan fingerprint density at radius 1 is 1.29 bits per heavy atom. The molecule has 0 aliphatic carbocycles. The van der Waals surface area contributed by atoms with Crippen LogP contribution >= 0.6 is 0 Å². The van der Waals surface area contributed by atoms with Gasteiger partial charge in [-0.25, -0.2) is 9.48 Å². The van der Waals surface area contributed by atoms with Crippen LogP contribution in [-0.2, 0) is 4.79 Å². The fourth-order valence-corrected chi connectivity index (χ4v) is 2.68. The van der Waals surface area contributed by atoms with E-state index in [9.17, 15) is 9.59 Å². The number of aromatic nitrogens is 3. The highest BCUT2D eigenvalue weighted by atomic mass is 16.4. The number of benzene rings is 1. The molecular weight excluding hydrogens is 308 g/mol. The number of hydrogen-bond acceptors (Lipinski definition) is 4. The minimum atomic E-state index is -1.13. The van der Waals surface area contributed by atoms with Gasteiger partial charge in [-0.3, -0.25) is 4.79 Å². The number of aromatic carboxylic acids is 1. The highest BCUT2D eigenvalue weighted by Crippen LogP contribution is 2.22. The number of carbonyl (C=O) groups is 2.